The van der Waals surface area contributed by atoms with Gasteiger partial charge < -0.3 is 20.5 Å². The molecule has 4 atom stereocenters. The molecule has 140 valence electrons. The van der Waals surface area contributed by atoms with E-state index in [-0.39, 0.29) is 49.2 Å². The number of aliphatic hydroxyl groups excluding tert-OH is 1. The fraction of sp³-hybridized carbons (Fsp3) is 0.562. The van der Waals surface area contributed by atoms with Crippen molar-refractivity contribution in [2.75, 3.05) is 26.2 Å². The van der Waals surface area contributed by atoms with Crippen LogP contribution in [0, 0.1) is 11.7 Å². The van der Waals surface area contributed by atoms with Crippen LogP contribution in [0.4, 0.5) is 4.39 Å². The van der Waals surface area contributed by atoms with Gasteiger partial charge in [0.05, 0.1) is 0 Å². The minimum Gasteiger partial charge on any atom is -0.491 e. The molecule has 1 aromatic carbocycles. The summed E-state index contributed by atoms with van der Waals surface area (Å²) in [5, 5.41) is 16.0. The van der Waals surface area contributed by atoms with E-state index in [9.17, 15) is 14.3 Å². The van der Waals surface area contributed by atoms with E-state index >= 15 is 0 Å². The maximum atomic E-state index is 12.8. The van der Waals surface area contributed by atoms with E-state index in [1.54, 1.807) is 0 Å². The molecular formula is C16H24ClFN4O3. The average molecular weight is 375 g/mol. The van der Waals surface area contributed by atoms with Gasteiger partial charge in [0.15, 0.2) is 0 Å². The number of aliphatic hydroxyl groups is 1. The summed E-state index contributed by atoms with van der Waals surface area (Å²) < 4.78 is 18.2. The maximum Gasteiger partial charge on any atom is 0.238 e. The van der Waals surface area contributed by atoms with E-state index in [2.05, 4.69) is 21.5 Å². The van der Waals surface area contributed by atoms with Crippen molar-refractivity contribution in [2.45, 2.75) is 24.6 Å². The highest BCUT2D eigenvalue weighted by molar-refractivity contribution is 5.85. The van der Waals surface area contributed by atoms with E-state index in [4.69, 9.17) is 4.74 Å². The summed E-state index contributed by atoms with van der Waals surface area (Å²) in [5.41, 5.74) is 6.19. The van der Waals surface area contributed by atoms with Crippen molar-refractivity contribution in [3.63, 3.8) is 0 Å². The number of rotatable bonds is 6. The van der Waals surface area contributed by atoms with Gasteiger partial charge in [-0.25, -0.2) is 9.82 Å². The lowest BCUT2D eigenvalue weighted by Crippen LogP contribution is -2.50. The van der Waals surface area contributed by atoms with E-state index in [1.807, 2.05) is 0 Å². The second-order valence-electron chi connectivity index (χ2n) is 6.19. The summed E-state index contributed by atoms with van der Waals surface area (Å²) in [7, 11) is 0. The molecule has 2 fully saturated rings. The number of hydrazine groups is 1. The molecule has 0 spiro atoms. The monoisotopic (exact) mass is 374 g/mol. The van der Waals surface area contributed by atoms with Gasteiger partial charge in [-0.15, -0.1) is 12.4 Å². The molecule has 2 heterocycles. The molecule has 2 aliphatic heterocycles. The number of piperidine rings is 1. The smallest absolute Gasteiger partial charge is 0.238 e. The molecule has 0 bridgehead atoms. The summed E-state index contributed by atoms with van der Waals surface area (Å²) in [6.07, 6.45) is 0.143. The largest absolute Gasteiger partial charge is 0.491 e. The van der Waals surface area contributed by atoms with E-state index in [0.717, 1.165) is 19.5 Å². The summed E-state index contributed by atoms with van der Waals surface area (Å²) in [6, 6.07) is 5.55. The number of hydrogen-bond donors (Lipinski definition) is 5. The Balaban J connectivity index is 0.00000225. The summed E-state index contributed by atoms with van der Waals surface area (Å²) >= 11 is 0. The first-order valence-corrected chi connectivity index (χ1v) is 8.19. The first-order chi connectivity index (χ1) is 11.6. The Labute approximate surface area is 152 Å². The first-order valence-electron chi connectivity index (χ1n) is 8.19. The molecule has 9 heteroatoms. The predicted molar refractivity (Wildman–Crippen MR) is 93.0 cm³/mol. The van der Waals surface area contributed by atoms with Gasteiger partial charge in [-0.2, -0.15) is 0 Å². The van der Waals surface area contributed by atoms with Gasteiger partial charge >= 0.3 is 0 Å². The standard InChI is InChI=1S/C16H23FN4O3.ClH/c17-10-1-3-12(4-2-10)24-9-11(22)7-19-16(23)15-13-8-18-6-5-14(13)20-21-15;/h1-4,11,13-15,18,20-22H,5-9H2,(H,19,23);1H. The topological polar surface area (TPSA) is 94.7 Å². The van der Waals surface area contributed by atoms with Crippen molar-refractivity contribution in [1.29, 1.82) is 0 Å². The zero-order valence-corrected chi connectivity index (χ0v) is 14.5. The lowest BCUT2D eigenvalue weighted by molar-refractivity contribution is -0.124. The minimum atomic E-state index is -0.839. The molecule has 0 saturated carbocycles. The van der Waals surface area contributed by atoms with Crippen LogP contribution < -0.4 is 26.2 Å². The van der Waals surface area contributed by atoms with Gasteiger partial charge in [-0.05, 0) is 37.2 Å². The average Bonchev–Trinajstić information content (AvgIpc) is 3.03. The number of carbonyl (C=O) groups is 1. The lowest BCUT2D eigenvalue weighted by Gasteiger charge is -2.27. The van der Waals surface area contributed by atoms with Gasteiger partial charge in [0.1, 0.15) is 30.3 Å². The molecule has 4 unspecified atom stereocenters. The van der Waals surface area contributed by atoms with Crippen LogP contribution in [0.3, 0.4) is 0 Å². The Bertz CT molecular complexity index is 563. The van der Waals surface area contributed by atoms with Crippen molar-refractivity contribution in [2.24, 2.45) is 5.92 Å². The van der Waals surface area contributed by atoms with Crippen molar-refractivity contribution in [3.8, 4) is 5.75 Å². The molecule has 5 N–H and O–H groups in total. The fourth-order valence-corrected chi connectivity index (χ4v) is 3.09. The van der Waals surface area contributed by atoms with Crippen molar-refractivity contribution < 1.29 is 19.0 Å². The molecule has 1 aromatic rings. The number of carbonyl (C=O) groups excluding carboxylic acids is 1. The van der Waals surface area contributed by atoms with Gasteiger partial charge in [0, 0.05) is 25.0 Å². The zero-order chi connectivity index (χ0) is 16.9. The van der Waals surface area contributed by atoms with Gasteiger partial charge in [0.25, 0.3) is 0 Å². The van der Waals surface area contributed by atoms with Crippen LogP contribution in [0.25, 0.3) is 0 Å². The highest BCUT2D eigenvalue weighted by Gasteiger charge is 2.41. The third kappa shape index (κ3) is 5.26. The van der Waals surface area contributed by atoms with E-state index in [0.29, 0.717) is 11.8 Å². The molecule has 1 amide bonds. The number of hydrogen-bond acceptors (Lipinski definition) is 6. The third-order valence-electron chi connectivity index (χ3n) is 4.43. The molecule has 2 aliphatic rings. The summed E-state index contributed by atoms with van der Waals surface area (Å²) in [6.45, 7) is 1.86. The quantitative estimate of drug-likeness (QED) is 0.463. The first kappa shape index (κ1) is 19.9. The lowest BCUT2D eigenvalue weighted by atomic mass is 9.89. The number of halogens is 2. The Hall–Kier alpha value is -1.45. The maximum absolute atomic E-state index is 12.8. The Morgan fingerprint density at radius 2 is 2.12 bits per heavy atom. The highest BCUT2D eigenvalue weighted by atomic mass is 35.5. The summed E-state index contributed by atoms with van der Waals surface area (Å²) in [5.74, 6) is 0.189. The number of nitrogens with one attached hydrogen (secondary N) is 4. The highest BCUT2D eigenvalue weighted by Crippen LogP contribution is 2.20. The van der Waals surface area contributed by atoms with Gasteiger partial charge in [-0.1, -0.05) is 0 Å². The number of fused-ring (bicyclic) bond motifs is 1. The second-order valence-corrected chi connectivity index (χ2v) is 6.19. The SMILES string of the molecule is Cl.O=C(NCC(O)COc1ccc(F)cc1)C1NNC2CCNCC21. The molecule has 3 rings (SSSR count). The minimum absolute atomic E-state index is 0. The third-order valence-corrected chi connectivity index (χ3v) is 4.43. The molecule has 7 nitrogen and oxygen atoms in total. The number of amides is 1. The van der Waals surface area contributed by atoms with Crippen molar-refractivity contribution >= 4 is 18.3 Å². The molecule has 25 heavy (non-hydrogen) atoms. The van der Waals surface area contributed by atoms with E-state index < -0.39 is 6.10 Å². The van der Waals surface area contributed by atoms with Crippen LogP contribution in [0.1, 0.15) is 6.42 Å². The molecular weight excluding hydrogens is 351 g/mol. The zero-order valence-electron chi connectivity index (χ0n) is 13.7. The van der Waals surface area contributed by atoms with E-state index in [1.165, 1.54) is 24.3 Å². The second kappa shape index (κ2) is 9.30. The van der Waals surface area contributed by atoms with Crippen LogP contribution >= 0.6 is 12.4 Å². The van der Waals surface area contributed by atoms with Crippen molar-refractivity contribution in [1.82, 2.24) is 21.5 Å². The van der Waals surface area contributed by atoms with Crippen LogP contribution in [-0.4, -0.2) is 55.4 Å². The van der Waals surface area contributed by atoms with Crippen LogP contribution in [0.5, 0.6) is 5.75 Å². The molecule has 0 aromatic heterocycles. The van der Waals surface area contributed by atoms with Crippen LogP contribution in [0.2, 0.25) is 0 Å². The van der Waals surface area contributed by atoms with Crippen molar-refractivity contribution in [3.05, 3.63) is 30.1 Å². The predicted octanol–water partition coefficient (Wildman–Crippen LogP) is -0.442. The molecule has 0 radical (unpaired) electrons. The number of benzene rings is 1. The van der Waals surface area contributed by atoms with Crippen LogP contribution in [0.15, 0.2) is 24.3 Å². The Kier molecular flexibility index (Phi) is 7.39. The fourth-order valence-electron chi connectivity index (χ4n) is 3.09. The summed E-state index contributed by atoms with van der Waals surface area (Å²) in [4.78, 5) is 12.3. The normalized spacial score (nSPS) is 26.2. The molecule has 2 saturated heterocycles. The Morgan fingerprint density at radius 1 is 1.36 bits per heavy atom. The Morgan fingerprint density at radius 3 is 2.88 bits per heavy atom. The van der Waals surface area contributed by atoms with Crippen LogP contribution in [-0.2, 0) is 4.79 Å². The number of ether oxygens (including phenoxy) is 1. The van der Waals surface area contributed by atoms with Gasteiger partial charge in [0.2, 0.25) is 5.91 Å². The van der Waals surface area contributed by atoms with Gasteiger partial charge in [-0.3, -0.25) is 10.2 Å². The molecule has 0 aliphatic carbocycles.